The van der Waals surface area contributed by atoms with Crippen molar-refractivity contribution in [3.05, 3.63) is 39.5 Å². The standard InChI is InChI=1S/C13H10BrNO4/c1-7-15-11(13(18)19-7)5-8-2-3-9(6-12(16)17)10(14)4-8/h2-5H,6H2,1H3,(H,16,17)/b11-5-. The first kappa shape index (κ1) is 13.5. The van der Waals surface area contributed by atoms with Crippen LogP contribution in [0.15, 0.2) is 33.4 Å². The lowest BCUT2D eigenvalue weighted by Gasteiger charge is -2.02. The molecule has 0 amide bonds. The van der Waals surface area contributed by atoms with Gasteiger partial charge in [0.2, 0.25) is 0 Å². The number of hydrogen-bond donors (Lipinski definition) is 1. The lowest BCUT2D eigenvalue weighted by atomic mass is 10.1. The molecule has 0 bridgehead atoms. The van der Waals surface area contributed by atoms with Gasteiger partial charge in [-0.15, -0.1) is 0 Å². The van der Waals surface area contributed by atoms with Crippen LogP contribution in [0.25, 0.3) is 6.08 Å². The number of hydrogen-bond acceptors (Lipinski definition) is 4. The summed E-state index contributed by atoms with van der Waals surface area (Å²) < 4.78 is 5.48. The number of aliphatic carboxylic acids is 1. The van der Waals surface area contributed by atoms with E-state index in [0.717, 1.165) is 5.56 Å². The molecule has 1 N–H and O–H groups in total. The maximum absolute atomic E-state index is 11.4. The molecule has 2 rings (SSSR count). The van der Waals surface area contributed by atoms with Gasteiger partial charge in [-0.25, -0.2) is 9.79 Å². The van der Waals surface area contributed by atoms with E-state index in [-0.39, 0.29) is 12.1 Å². The molecule has 0 fully saturated rings. The summed E-state index contributed by atoms with van der Waals surface area (Å²) >= 11 is 3.31. The molecule has 98 valence electrons. The number of benzene rings is 1. The first-order valence-corrected chi connectivity index (χ1v) is 6.24. The summed E-state index contributed by atoms with van der Waals surface area (Å²) in [6.07, 6.45) is 1.53. The molecule has 0 radical (unpaired) electrons. The van der Waals surface area contributed by atoms with E-state index < -0.39 is 11.9 Å². The number of rotatable bonds is 3. The second kappa shape index (κ2) is 5.36. The monoisotopic (exact) mass is 323 g/mol. The molecule has 0 saturated heterocycles. The molecule has 1 aliphatic rings. The molecule has 0 spiro atoms. The van der Waals surface area contributed by atoms with Crippen molar-refractivity contribution in [2.45, 2.75) is 13.3 Å². The van der Waals surface area contributed by atoms with Gasteiger partial charge in [-0.1, -0.05) is 28.1 Å². The maximum Gasteiger partial charge on any atom is 0.363 e. The Kier molecular flexibility index (Phi) is 3.80. The Balaban J connectivity index is 2.28. The van der Waals surface area contributed by atoms with Crippen molar-refractivity contribution in [1.82, 2.24) is 0 Å². The molecule has 0 aliphatic carbocycles. The van der Waals surface area contributed by atoms with Crippen molar-refractivity contribution in [2.24, 2.45) is 4.99 Å². The van der Waals surface area contributed by atoms with Crippen molar-refractivity contribution in [1.29, 1.82) is 0 Å². The zero-order valence-electron chi connectivity index (χ0n) is 10.0. The molecule has 1 aromatic rings. The highest BCUT2D eigenvalue weighted by Gasteiger charge is 2.19. The smallest absolute Gasteiger partial charge is 0.363 e. The van der Waals surface area contributed by atoms with E-state index in [0.29, 0.717) is 15.9 Å². The minimum Gasteiger partial charge on any atom is -0.481 e. The van der Waals surface area contributed by atoms with E-state index in [1.807, 2.05) is 0 Å². The van der Waals surface area contributed by atoms with Crippen LogP contribution in [-0.2, 0) is 20.7 Å². The third kappa shape index (κ3) is 3.29. The highest BCUT2D eigenvalue weighted by molar-refractivity contribution is 9.10. The van der Waals surface area contributed by atoms with Crippen LogP contribution in [0.3, 0.4) is 0 Å². The second-order valence-corrected chi connectivity index (χ2v) is 4.83. The molecule has 1 aromatic carbocycles. The lowest BCUT2D eigenvalue weighted by molar-refractivity contribution is -0.136. The topological polar surface area (TPSA) is 76.0 Å². The van der Waals surface area contributed by atoms with Crippen molar-refractivity contribution < 1.29 is 19.4 Å². The number of carbonyl (C=O) groups is 2. The third-order valence-electron chi connectivity index (χ3n) is 2.45. The predicted octanol–water partition coefficient (Wildman–Crippen LogP) is 2.39. The van der Waals surface area contributed by atoms with Gasteiger partial charge in [-0.2, -0.15) is 0 Å². The summed E-state index contributed by atoms with van der Waals surface area (Å²) in [5.41, 5.74) is 1.64. The number of halogens is 1. The van der Waals surface area contributed by atoms with Crippen LogP contribution in [0.1, 0.15) is 18.1 Å². The Morgan fingerprint density at radius 1 is 1.53 bits per heavy atom. The number of esters is 1. The minimum atomic E-state index is -0.897. The van der Waals surface area contributed by atoms with E-state index in [1.165, 1.54) is 0 Å². The highest BCUT2D eigenvalue weighted by atomic mass is 79.9. The summed E-state index contributed by atoms with van der Waals surface area (Å²) in [4.78, 5) is 26.0. The zero-order chi connectivity index (χ0) is 14.0. The van der Waals surface area contributed by atoms with E-state index >= 15 is 0 Å². The number of carboxylic acid groups (broad SMARTS) is 1. The van der Waals surface area contributed by atoms with E-state index in [9.17, 15) is 9.59 Å². The van der Waals surface area contributed by atoms with Crippen molar-refractivity contribution >= 4 is 39.8 Å². The van der Waals surface area contributed by atoms with Gasteiger partial charge in [0.15, 0.2) is 11.6 Å². The highest BCUT2D eigenvalue weighted by Crippen LogP contribution is 2.22. The Bertz CT molecular complexity index is 619. The van der Waals surface area contributed by atoms with Gasteiger partial charge in [0, 0.05) is 11.4 Å². The van der Waals surface area contributed by atoms with E-state index in [1.54, 1.807) is 31.2 Å². The summed E-state index contributed by atoms with van der Waals surface area (Å²) in [5.74, 6) is -1.06. The number of nitrogens with zero attached hydrogens (tertiary/aromatic N) is 1. The Morgan fingerprint density at radius 3 is 2.79 bits per heavy atom. The van der Waals surface area contributed by atoms with Crippen LogP contribution in [0.5, 0.6) is 0 Å². The fraction of sp³-hybridized carbons (Fsp3) is 0.154. The Morgan fingerprint density at radius 2 is 2.26 bits per heavy atom. The normalized spacial score (nSPS) is 16.4. The van der Waals surface area contributed by atoms with Crippen LogP contribution < -0.4 is 0 Å². The van der Waals surface area contributed by atoms with Gasteiger partial charge in [-0.3, -0.25) is 4.79 Å². The SMILES string of the molecule is CC1=N/C(=C\c2ccc(CC(=O)O)c(Br)c2)C(=O)O1. The molecular formula is C13H10BrNO4. The molecule has 0 saturated carbocycles. The van der Waals surface area contributed by atoms with Crippen molar-refractivity contribution in [2.75, 3.05) is 0 Å². The van der Waals surface area contributed by atoms with E-state index in [4.69, 9.17) is 9.84 Å². The molecule has 6 heteroatoms. The van der Waals surface area contributed by atoms with Crippen LogP contribution in [0, 0.1) is 0 Å². The molecule has 1 heterocycles. The number of carboxylic acids is 1. The first-order valence-electron chi connectivity index (χ1n) is 5.45. The Labute approximate surface area is 117 Å². The zero-order valence-corrected chi connectivity index (χ0v) is 11.6. The molecular weight excluding hydrogens is 314 g/mol. The number of aliphatic imine (C=N–C) groups is 1. The average Bonchev–Trinajstić information content (AvgIpc) is 2.61. The van der Waals surface area contributed by atoms with Gasteiger partial charge in [0.25, 0.3) is 0 Å². The Hall–Kier alpha value is -1.95. The fourth-order valence-corrected chi connectivity index (χ4v) is 2.17. The van der Waals surface area contributed by atoms with Crippen LogP contribution >= 0.6 is 15.9 Å². The summed E-state index contributed by atoms with van der Waals surface area (Å²) in [6, 6.07) is 5.16. The van der Waals surface area contributed by atoms with Crippen LogP contribution in [0.4, 0.5) is 0 Å². The molecule has 5 nitrogen and oxygen atoms in total. The lowest BCUT2D eigenvalue weighted by Crippen LogP contribution is -2.01. The predicted molar refractivity (Wildman–Crippen MR) is 72.7 cm³/mol. The number of carbonyl (C=O) groups excluding carboxylic acids is 1. The summed E-state index contributed by atoms with van der Waals surface area (Å²) in [7, 11) is 0. The van der Waals surface area contributed by atoms with Crippen molar-refractivity contribution in [3.63, 3.8) is 0 Å². The molecule has 0 aromatic heterocycles. The van der Waals surface area contributed by atoms with Crippen molar-refractivity contribution in [3.8, 4) is 0 Å². The largest absolute Gasteiger partial charge is 0.481 e. The molecule has 0 unspecified atom stereocenters. The number of cyclic esters (lactones) is 1. The average molecular weight is 324 g/mol. The van der Waals surface area contributed by atoms with Gasteiger partial charge < -0.3 is 9.84 Å². The van der Waals surface area contributed by atoms with Gasteiger partial charge in [0.05, 0.1) is 6.42 Å². The molecule has 0 atom stereocenters. The van der Waals surface area contributed by atoms with Crippen LogP contribution in [0.2, 0.25) is 0 Å². The molecule has 19 heavy (non-hydrogen) atoms. The first-order chi connectivity index (χ1) is 8.95. The third-order valence-corrected chi connectivity index (χ3v) is 3.19. The quantitative estimate of drug-likeness (QED) is 0.684. The van der Waals surface area contributed by atoms with Crippen LogP contribution in [-0.4, -0.2) is 22.9 Å². The second-order valence-electron chi connectivity index (χ2n) is 3.97. The summed E-state index contributed by atoms with van der Waals surface area (Å²) in [6.45, 7) is 1.60. The van der Waals surface area contributed by atoms with Gasteiger partial charge in [-0.05, 0) is 23.3 Å². The molecule has 1 aliphatic heterocycles. The maximum atomic E-state index is 11.4. The van der Waals surface area contributed by atoms with Gasteiger partial charge >= 0.3 is 11.9 Å². The van der Waals surface area contributed by atoms with E-state index in [2.05, 4.69) is 20.9 Å². The number of ether oxygens (including phenoxy) is 1. The fourth-order valence-electron chi connectivity index (χ4n) is 1.63. The van der Waals surface area contributed by atoms with Gasteiger partial charge in [0.1, 0.15) is 0 Å². The summed E-state index contributed by atoms with van der Waals surface area (Å²) in [5, 5.41) is 8.74. The minimum absolute atomic E-state index is 0.0588.